The third kappa shape index (κ3) is 1.46. The molecule has 0 spiro atoms. The molecule has 1 rings (SSSR count). The standard InChI is InChI=1S/C9H17NO2/c1-6(2)5-7-3-4-9(7,10)8(11)12/h6-7H,3-5,10H2,1-2H3,(H,11,12)/t7-,9+/m0/s1. The van der Waals surface area contributed by atoms with Gasteiger partial charge >= 0.3 is 5.97 Å². The Kier molecular flexibility index (Phi) is 2.42. The van der Waals surface area contributed by atoms with Gasteiger partial charge in [0.05, 0.1) is 0 Å². The van der Waals surface area contributed by atoms with E-state index < -0.39 is 11.5 Å². The third-order valence-corrected chi connectivity index (χ3v) is 2.79. The normalized spacial score (nSPS) is 34.8. The summed E-state index contributed by atoms with van der Waals surface area (Å²) in [4.78, 5) is 10.8. The van der Waals surface area contributed by atoms with Gasteiger partial charge in [0.2, 0.25) is 0 Å². The largest absolute Gasteiger partial charge is 0.480 e. The van der Waals surface area contributed by atoms with Gasteiger partial charge in [0, 0.05) is 0 Å². The van der Waals surface area contributed by atoms with Gasteiger partial charge in [-0.2, -0.15) is 0 Å². The van der Waals surface area contributed by atoms with Crippen molar-refractivity contribution < 1.29 is 9.90 Å². The molecule has 0 amide bonds. The molecule has 0 aromatic rings. The number of hydrogen-bond acceptors (Lipinski definition) is 2. The molecular weight excluding hydrogens is 154 g/mol. The average molecular weight is 171 g/mol. The van der Waals surface area contributed by atoms with Crippen molar-refractivity contribution in [3.63, 3.8) is 0 Å². The van der Waals surface area contributed by atoms with Crippen molar-refractivity contribution in [1.29, 1.82) is 0 Å². The smallest absolute Gasteiger partial charge is 0.323 e. The van der Waals surface area contributed by atoms with E-state index >= 15 is 0 Å². The Labute approximate surface area is 72.9 Å². The highest BCUT2D eigenvalue weighted by Gasteiger charge is 2.49. The van der Waals surface area contributed by atoms with Crippen LogP contribution in [0.5, 0.6) is 0 Å². The summed E-state index contributed by atoms with van der Waals surface area (Å²) in [6, 6.07) is 0. The van der Waals surface area contributed by atoms with Crippen molar-refractivity contribution in [3.8, 4) is 0 Å². The first kappa shape index (κ1) is 9.52. The molecule has 1 aliphatic carbocycles. The van der Waals surface area contributed by atoms with E-state index in [1.54, 1.807) is 0 Å². The molecule has 1 fully saturated rings. The predicted molar refractivity (Wildman–Crippen MR) is 46.7 cm³/mol. The monoisotopic (exact) mass is 171 g/mol. The third-order valence-electron chi connectivity index (χ3n) is 2.79. The second-order valence-corrected chi connectivity index (χ2v) is 4.21. The molecule has 0 aromatic heterocycles. The summed E-state index contributed by atoms with van der Waals surface area (Å²) in [6.45, 7) is 4.20. The van der Waals surface area contributed by atoms with Crippen LogP contribution in [0.2, 0.25) is 0 Å². The fourth-order valence-corrected chi connectivity index (χ4v) is 1.84. The number of hydrogen-bond donors (Lipinski definition) is 2. The highest BCUT2D eigenvalue weighted by Crippen LogP contribution is 2.40. The molecule has 0 unspecified atom stereocenters. The van der Waals surface area contributed by atoms with Gasteiger partial charge in [-0.15, -0.1) is 0 Å². The Balaban J connectivity index is 2.53. The highest BCUT2D eigenvalue weighted by atomic mass is 16.4. The Hall–Kier alpha value is -0.570. The minimum atomic E-state index is -0.912. The van der Waals surface area contributed by atoms with Gasteiger partial charge in [0.1, 0.15) is 5.54 Å². The number of aliphatic carboxylic acids is 1. The quantitative estimate of drug-likeness (QED) is 0.671. The van der Waals surface area contributed by atoms with E-state index in [9.17, 15) is 4.79 Å². The van der Waals surface area contributed by atoms with Crippen LogP contribution in [0.4, 0.5) is 0 Å². The molecule has 0 radical (unpaired) electrons. The fourth-order valence-electron chi connectivity index (χ4n) is 1.84. The van der Waals surface area contributed by atoms with E-state index in [0.717, 1.165) is 12.8 Å². The summed E-state index contributed by atoms with van der Waals surface area (Å²) in [7, 11) is 0. The Morgan fingerprint density at radius 3 is 2.58 bits per heavy atom. The minimum Gasteiger partial charge on any atom is -0.480 e. The summed E-state index contributed by atoms with van der Waals surface area (Å²) in [5.41, 5.74) is 4.83. The van der Waals surface area contributed by atoms with Gasteiger partial charge in [-0.1, -0.05) is 13.8 Å². The first-order chi connectivity index (χ1) is 5.47. The lowest BCUT2D eigenvalue weighted by molar-refractivity contribution is -0.151. The van der Waals surface area contributed by atoms with Gasteiger partial charge in [-0.3, -0.25) is 4.79 Å². The molecule has 70 valence electrons. The van der Waals surface area contributed by atoms with Crippen LogP contribution in [-0.4, -0.2) is 16.6 Å². The van der Waals surface area contributed by atoms with Gasteiger partial charge < -0.3 is 10.8 Å². The number of nitrogens with two attached hydrogens (primary N) is 1. The SMILES string of the molecule is CC(C)C[C@@H]1CC[C@]1(N)C(=O)O. The predicted octanol–water partition coefficient (Wildman–Crippen LogP) is 1.22. The van der Waals surface area contributed by atoms with Crippen molar-refractivity contribution >= 4 is 5.97 Å². The minimum absolute atomic E-state index is 0.190. The first-order valence-electron chi connectivity index (χ1n) is 4.49. The molecule has 3 nitrogen and oxygen atoms in total. The van der Waals surface area contributed by atoms with Crippen LogP contribution in [-0.2, 0) is 4.79 Å². The maximum atomic E-state index is 10.8. The van der Waals surface area contributed by atoms with E-state index in [1.165, 1.54) is 0 Å². The van der Waals surface area contributed by atoms with Crippen molar-refractivity contribution in [1.82, 2.24) is 0 Å². The molecule has 3 heteroatoms. The summed E-state index contributed by atoms with van der Waals surface area (Å²) < 4.78 is 0. The van der Waals surface area contributed by atoms with Gasteiger partial charge in [-0.25, -0.2) is 0 Å². The van der Waals surface area contributed by atoms with Crippen molar-refractivity contribution in [3.05, 3.63) is 0 Å². The summed E-state index contributed by atoms with van der Waals surface area (Å²) in [5.74, 6) is -0.105. The maximum Gasteiger partial charge on any atom is 0.323 e. The molecule has 12 heavy (non-hydrogen) atoms. The zero-order valence-corrected chi connectivity index (χ0v) is 7.71. The van der Waals surface area contributed by atoms with Crippen LogP contribution in [0.1, 0.15) is 33.1 Å². The topological polar surface area (TPSA) is 63.3 Å². The highest BCUT2D eigenvalue weighted by molar-refractivity contribution is 5.80. The molecule has 0 aliphatic heterocycles. The summed E-state index contributed by atoms with van der Waals surface area (Å²) in [5, 5.41) is 8.85. The van der Waals surface area contributed by atoms with Gasteiger partial charge in [0.15, 0.2) is 0 Å². The molecule has 0 bridgehead atoms. The van der Waals surface area contributed by atoms with Gasteiger partial charge in [-0.05, 0) is 31.1 Å². The molecule has 0 heterocycles. The van der Waals surface area contributed by atoms with Crippen LogP contribution >= 0.6 is 0 Å². The lowest BCUT2D eigenvalue weighted by Gasteiger charge is -2.44. The Morgan fingerprint density at radius 1 is 1.75 bits per heavy atom. The number of carboxylic acids is 1. The zero-order chi connectivity index (χ0) is 9.35. The van der Waals surface area contributed by atoms with E-state index in [2.05, 4.69) is 13.8 Å². The lowest BCUT2D eigenvalue weighted by Crippen LogP contribution is -2.61. The van der Waals surface area contributed by atoms with Crippen LogP contribution in [0.15, 0.2) is 0 Å². The van der Waals surface area contributed by atoms with Crippen molar-refractivity contribution in [2.45, 2.75) is 38.6 Å². The van der Waals surface area contributed by atoms with E-state index in [4.69, 9.17) is 10.8 Å². The average Bonchev–Trinajstić information content (AvgIpc) is 1.96. The van der Waals surface area contributed by atoms with Crippen molar-refractivity contribution in [2.24, 2.45) is 17.6 Å². The van der Waals surface area contributed by atoms with E-state index in [1.807, 2.05) is 0 Å². The van der Waals surface area contributed by atoms with Crippen LogP contribution in [0.3, 0.4) is 0 Å². The molecular formula is C9H17NO2. The first-order valence-corrected chi connectivity index (χ1v) is 4.49. The second-order valence-electron chi connectivity index (χ2n) is 4.21. The van der Waals surface area contributed by atoms with E-state index in [-0.39, 0.29) is 5.92 Å². The molecule has 1 saturated carbocycles. The molecule has 1 aliphatic rings. The van der Waals surface area contributed by atoms with E-state index in [0.29, 0.717) is 12.3 Å². The van der Waals surface area contributed by atoms with Crippen LogP contribution in [0.25, 0.3) is 0 Å². The number of carbonyl (C=O) groups is 1. The van der Waals surface area contributed by atoms with Crippen LogP contribution < -0.4 is 5.73 Å². The molecule has 2 atom stereocenters. The summed E-state index contributed by atoms with van der Waals surface area (Å²) >= 11 is 0. The van der Waals surface area contributed by atoms with Gasteiger partial charge in [0.25, 0.3) is 0 Å². The second kappa shape index (κ2) is 3.05. The Bertz CT molecular complexity index is 191. The molecule has 0 aromatic carbocycles. The maximum absolute atomic E-state index is 10.8. The molecule has 0 saturated heterocycles. The zero-order valence-electron chi connectivity index (χ0n) is 7.71. The fraction of sp³-hybridized carbons (Fsp3) is 0.889. The van der Waals surface area contributed by atoms with Crippen LogP contribution in [0, 0.1) is 11.8 Å². The number of rotatable bonds is 3. The molecule has 3 N–H and O–H groups in total. The van der Waals surface area contributed by atoms with Crippen molar-refractivity contribution in [2.75, 3.05) is 0 Å². The number of carboxylic acid groups (broad SMARTS) is 1. The Morgan fingerprint density at radius 2 is 2.33 bits per heavy atom. The lowest BCUT2D eigenvalue weighted by atomic mass is 9.64. The summed E-state index contributed by atoms with van der Waals surface area (Å²) in [6.07, 6.45) is 2.55.